The van der Waals surface area contributed by atoms with E-state index >= 15 is 0 Å². The monoisotopic (exact) mass is 264 g/mol. The van der Waals surface area contributed by atoms with Gasteiger partial charge in [-0.25, -0.2) is 4.39 Å². The SMILES string of the molecule is CCCNC(c1ccncc1F)C1CCCCCC1. The molecule has 106 valence electrons. The van der Waals surface area contributed by atoms with E-state index in [2.05, 4.69) is 17.2 Å². The fraction of sp³-hybridized carbons (Fsp3) is 0.688. The van der Waals surface area contributed by atoms with Crippen molar-refractivity contribution in [3.8, 4) is 0 Å². The summed E-state index contributed by atoms with van der Waals surface area (Å²) in [4.78, 5) is 3.87. The molecule has 19 heavy (non-hydrogen) atoms. The average molecular weight is 264 g/mol. The summed E-state index contributed by atoms with van der Waals surface area (Å²) in [5, 5.41) is 3.56. The van der Waals surface area contributed by atoms with Gasteiger partial charge in [0.15, 0.2) is 0 Å². The van der Waals surface area contributed by atoms with Crippen molar-refractivity contribution in [2.24, 2.45) is 5.92 Å². The standard InChI is InChI=1S/C16H25FN2/c1-2-10-19-16(13-7-5-3-4-6-8-13)14-9-11-18-12-15(14)17/h9,11-13,16,19H,2-8,10H2,1H3. The Labute approximate surface area is 115 Å². The number of aromatic nitrogens is 1. The summed E-state index contributed by atoms with van der Waals surface area (Å²) >= 11 is 0. The van der Waals surface area contributed by atoms with Crippen LogP contribution in [0.2, 0.25) is 0 Å². The molecule has 1 N–H and O–H groups in total. The molecule has 1 aliphatic carbocycles. The van der Waals surface area contributed by atoms with Crippen molar-refractivity contribution in [3.05, 3.63) is 29.8 Å². The molecule has 1 saturated carbocycles. The van der Waals surface area contributed by atoms with Crippen LogP contribution in [0.3, 0.4) is 0 Å². The van der Waals surface area contributed by atoms with Gasteiger partial charge in [0.05, 0.1) is 6.20 Å². The first-order valence-corrected chi connectivity index (χ1v) is 7.65. The largest absolute Gasteiger partial charge is 0.310 e. The quantitative estimate of drug-likeness (QED) is 0.805. The third-order valence-corrected chi connectivity index (χ3v) is 4.12. The van der Waals surface area contributed by atoms with Crippen LogP contribution in [0, 0.1) is 11.7 Å². The molecule has 0 aliphatic heterocycles. The van der Waals surface area contributed by atoms with Crippen molar-refractivity contribution in [2.75, 3.05) is 6.54 Å². The molecule has 2 nitrogen and oxygen atoms in total. The van der Waals surface area contributed by atoms with Crippen LogP contribution in [0.1, 0.15) is 63.5 Å². The number of nitrogens with zero attached hydrogens (tertiary/aromatic N) is 1. The summed E-state index contributed by atoms with van der Waals surface area (Å²) in [5.74, 6) is 0.395. The Hall–Kier alpha value is -0.960. The van der Waals surface area contributed by atoms with Crippen LogP contribution in [0.5, 0.6) is 0 Å². The molecule has 1 atom stereocenters. The van der Waals surface area contributed by atoms with Gasteiger partial charge in [0.2, 0.25) is 0 Å². The summed E-state index contributed by atoms with van der Waals surface area (Å²) in [5.41, 5.74) is 0.801. The molecule has 0 aromatic carbocycles. The highest BCUT2D eigenvalue weighted by molar-refractivity contribution is 5.18. The molecule has 0 radical (unpaired) electrons. The highest BCUT2D eigenvalue weighted by Crippen LogP contribution is 2.34. The first-order chi connectivity index (χ1) is 9.33. The van der Waals surface area contributed by atoms with Crippen LogP contribution >= 0.6 is 0 Å². The molecule has 1 aromatic rings. The summed E-state index contributed by atoms with van der Waals surface area (Å²) < 4.78 is 14.0. The van der Waals surface area contributed by atoms with Crippen LogP contribution in [-0.4, -0.2) is 11.5 Å². The number of nitrogens with one attached hydrogen (secondary N) is 1. The molecule has 0 spiro atoms. The third kappa shape index (κ3) is 4.00. The second kappa shape index (κ2) is 7.59. The summed E-state index contributed by atoms with van der Waals surface area (Å²) in [7, 11) is 0. The molecular weight excluding hydrogens is 239 g/mol. The van der Waals surface area contributed by atoms with Crippen molar-refractivity contribution in [1.29, 1.82) is 0 Å². The van der Waals surface area contributed by atoms with Gasteiger partial charge in [0.25, 0.3) is 0 Å². The van der Waals surface area contributed by atoms with Gasteiger partial charge in [-0.1, -0.05) is 32.6 Å². The molecule has 1 aromatic heterocycles. The molecule has 1 aliphatic rings. The summed E-state index contributed by atoms with van der Waals surface area (Å²) in [6.45, 7) is 3.10. The molecule has 1 heterocycles. The summed E-state index contributed by atoms with van der Waals surface area (Å²) in [6, 6.07) is 1.99. The zero-order valence-electron chi connectivity index (χ0n) is 11.9. The molecule has 0 bridgehead atoms. The maximum atomic E-state index is 14.0. The van der Waals surface area contributed by atoms with Crippen molar-refractivity contribution in [1.82, 2.24) is 10.3 Å². The number of halogens is 1. The van der Waals surface area contributed by atoms with Crippen LogP contribution in [0.15, 0.2) is 18.5 Å². The normalized spacial score (nSPS) is 19.1. The Balaban J connectivity index is 2.16. The second-order valence-corrected chi connectivity index (χ2v) is 5.58. The smallest absolute Gasteiger partial charge is 0.146 e. The minimum atomic E-state index is -0.166. The number of hydrogen-bond donors (Lipinski definition) is 1. The number of pyridine rings is 1. The fourth-order valence-corrected chi connectivity index (χ4v) is 3.11. The topological polar surface area (TPSA) is 24.9 Å². The molecule has 1 fully saturated rings. The van der Waals surface area contributed by atoms with Crippen LogP contribution in [0.4, 0.5) is 4.39 Å². The minimum absolute atomic E-state index is 0.154. The van der Waals surface area contributed by atoms with Crippen molar-refractivity contribution >= 4 is 0 Å². The third-order valence-electron chi connectivity index (χ3n) is 4.12. The molecule has 0 amide bonds. The lowest BCUT2D eigenvalue weighted by molar-refractivity contribution is 0.318. The van der Waals surface area contributed by atoms with Crippen molar-refractivity contribution < 1.29 is 4.39 Å². The number of rotatable bonds is 5. The Morgan fingerprint density at radius 3 is 2.68 bits per heavy atom. The number of hydrogen-bond acceptors (Lipinski definition) is 2. The maximum absolute atomic E-state index is 14.0. The van der Waals surface area contributed by atoms with Gasteiger partial charge in [0, 0.05) is 17.8 Å². The first kappa shape index (κ1) is 14.4. The molecule has 1 unspecified atom stereocenters. The Kier molecular flexibility index (Phi) is 5.77. The van der Waals surface area contributed by atoms with E-state index in [1.54, 1.807) is 6.20 Å². The molecule has 0 saturated heterocycles. The predicted octanol–water partition coefficient (Wildman–Crippen LogP) is 4.23. The van der Waals surface area contributed by atoms with Crippen molar-refractivity contribution in [2.45, 2.75) is 57.9 Å². The zero-order chi connectivity index (χ0) is 13.5. The highest BCUT2D eigenvalue weighted by atomic mass is 19.1. The lowest BCUT2D eigenvalue weighted by Crippen LogP contribution is -2.29. The van der Waals surface area contributed by atoms with E-state index < -0.39 is 0 Å². The van der Waals surface area contributed by atoms with E-state index in [0.29, 0.717) is 5.92 Å². The van der Waals surface area contributed by atoms with E-state index in [4.69, 9.17) is 0 Å². The average Bonchev–Trinajstić information content (AvgIpc) is 2.70. The summed E-state index contributed by atoms with van der Waals surface area (Å²) in [6.07, 6.45) is 11.8. The van der Waals surface area contributed by atoms with E-state index in [1.807, 2.05) is 6.07 Å². The first-order valence-electron chi connectivity index (χ1n) is 7.65. The zero-order valence-corrected chi connectivity index (χ0v) is 11.9. The van der Waals surface area contributed by atoms with Gasteiger partial charge >= 0.3 is 0 Å². The van der Waals surface area contributed by atoms with E-state index in [0.717, 1.165) is 18.5 Å². The van der Waals surface area contributed by atoms with Crippen LogP contribution in [-0.2, 0) is 0 Å². The van der Waals surface area contributed by atoms with E-state index in [-0.39, 0.29) is 11.9 Å². The Morgan fingerprint density at radius 2 is 2.05 bits per heavy atom. The lowest BCUT2D eigenvalue weighted by Gasteiger charge is -2.28. The Morgan fingerprint density at radius 1 is 1.32 bits per heavy atom. The van der Waals surface area contributed by atoms with Gasteiger partial charge < -0.3 is 5.32 Å². The van der Waals surface area contributed by atoms with Gasteiger partial charge in [0.1, 0.15) is 5.82 Å². The van der Waals surface area contributed by atoms with E-state index in [1.165, 1.54) is 44.7 Å². The lowest BCUT2D eigenvalue weighted by atomic mass is 9.87. The minimum Gasteiger partial charge on any atom is -0.310 e. The highest BCUT2D eigenvalue weighted by Gasteiger charge is 2.25. The van der Waals surface area contributed by atoms with Gasteiger partial charge in [-0.3, -0.25) is 4.98 Å². The van der Waals surface area contributed by atoms with Gasteiger partial charge in [-0.2, -0.15) is 0 Å². The predicted molar refractivity (Wildman–Crippen MR) is 76.4 cm³/mol. The molecule has 2 rings (SSSR count). The van der Waals surface area contributed by atoms with Gasteiger partial charge in [-0.15, -0.1) is 0 Å². The fourth-order valence-electron chi connectivity index (χ4n) is 3.11. The Bertz CT molecular complexity index is 373. The van der Waals surface area contributed by atoms with E-state index in [9.17, 15) is 4.39 Å². The maximum Gasteiger partial charge on any atom is 0.146 e. The molecule has 3 heteroatoms. The second-order valence-electron chi connectivity index (χ2n) is 5.58. The van der Waals surface area contributed by atoms with Crippen LogP contribution in [0.25, 0.3) is 0 Å². The molecular formula is C16H25FN2. The van der Waals surface area contributed by atoms with Gasteiger partial charge in [-0.05, 0) is 37.8 Å². The van der Waals surface area contributed by atoms with Crippen molar-refractivity contribution in [3.63, 3.8) is 0 Å². The van der Waals surface area contributed by atoms with Crippen LogP contribution < -0.4 is 5.32 Å².